The smallest absolute Gasteiger partial charge is 0.293 e. The van der Waals surface area contributed by atoms with Gasteiger partial charge >= 0.3 is 0 Å². The number of carbonyl (C=O) groups excluding carboxylic acids is 1. The fourth-order valence-electron chi connectivity index (χ4n) is 3.13. The average Bonchev–Trinajstić information content (AvgIpc) is 3.44. The summed E-state index contributed by atoms with van der Waals surface area (Å²) < 4.78 is 17.5. The van der Waals surface area contributed by atoms with Gasteiger partial charge in [0.15, 0.2) is 17.2 Å². The molecule has 0 radical (unpaired) electrons. The van der Waals surface area contributed by atoms with Crippen LogP contribution in [-0.4, -0.2) is 44.0 Å². The SMILES string of the molecule is CCOc1cc(C=NNC(=O)c2nnn(-c3nonc3N)c2C)ccc1OCc1ccc(C)cc1. The van der Waals surface area contributed by atoms with Crippen molar-refractivity contribution in [1.82, 2.24) is 30.7 Å². The van der Waals surface area contributed by atoms with Crippen molar-refractivity contribution in [2.24, 2.45) is 5.10 Å². The summed E-state index contributed by atoms with van der Waals surface area (Å²) >= 11 is 0. The number of hydrogen-bond acceptors (Lipinski definition) is 10. The number of aryl methyl sites for hydroxylation is 1. The minimum Gasteiger partial charge on any atom is -0.490 e. The van der Waals surface area contributed by atoms with E-state index in [1.165, 1.54) is 16.5 Å². The number of rotatable bonds is 9. The van der Waals surface area contributed by atoms with Crippen LogP contribution in [0.3, 0.4) is 0 Å². The second kappa shape index (κ2) is 10.5. The van der Waals surface area contributed by atoms with E-state index in [0.29, 0.717) is 36.0 Å². The summed E-state index contributed by atoms with van der Waals surface area (Å²) in [5.74, 6) is 0.808. The maximum Gasteiger partial charge on any atom is 0.293 e. The first-order valence-corrected chi connectivity index (χ1v) is 10.8. The molecule has 2 heterocycles. The molecule has 2 aromatic carbocycles. The molecule has 0 aliphatic carbocycles. The largest absolute Gasteiger partial charge is 0.490 e. The lowest BCUT2D eigenvalue weighted by Gasteiger charge is -2.12. The molecule has 0 spiro atoms. The average molecular weight is 476 g/mol. The summed E-state index contributed by atoms with van der Waals surface area (Å²) in [6.45, 7) is 6.45. The molecule has 3 N–H and O–H groups in total. The zero-order valence-electron chi connectivity index (χ0n) is 19.4. The molecule has 0 aliphatic heterocycles. The lowest BCUT2D eigenvalue weighted by molar-refractivity contribution is 0.0949. The molecule has 4 aromatic rings. The number of benzene rings is 2. The first-order valence-electron chi connectivity index (χ1n) is 10.8. The summed E-state index contributed by atoms with van der Waals surface area (Å²) in [6, 6.07) is 13.5. The summed E-state index contributed by atoms with van der Waals surface area (Å²) in [7, 11) is 0. The number of hydrazone groups is 1. The highest BCUT2D eigenvalue weighted by molar-refractivity contribution is 5.94. The van der Waals surface area contributed by atoms with E-state index in [1.54, 1.807) is 19.1 Å². The zero-order valence-corrected chi connectivity index (χ0v) is 19.4. The van der Waals surface area contributed by atoms with Crippen molar-refractivity contribution in [2.45, 2.75) is 27.4 Å². The van der Waals surface area contributed by atoms with E-state index in [2.05, 4.69) is 35.8 Å². The first-order chi connectivity index (χ1) is 17.0. The number of nitrogens with two attached hydrogens (primary N) is 1. The van der Waals surface area contributed by atoms with Gasteiger partial charge in [-0.2, -0.15) is 9.78 Å². The van der Waals surface area contributed by atoms with Gasteiger partial charge in [0.25, 0.3) is 5.91 Å². The minimum atomic E-state index is -0.553. The van der Waals surface area contributed by atoms with E-state index < -0.39 is 5.91 Å². The number of nitrogens with zero attached hydrogens (tertiary/aromatic N) is 6. The normalized spacial score (nSPS) is 11.1. The number of amides is 1. The predicted molar refractivity (Wildman–Crippen MR) is 127 cm³/mol. The Bertz CT molecular complexity index is 1340. The van der Waals surface area contributed by atoms with Crippen LogP contribution in [0.1, 0.15) is 39.8 Å². The third-order valence-electron chi connectivity index (χ3n) is 4.97. The first kappa shape index (κ1) is 23.4. The fraction of sp³-hybridized carbons (Fsp3) is 0.217. The van der Waals surface area contributed by atoms with Crippen LogP contribution in [-0.2, 0) is 6.61 Å². The van der Waals surface area contributed by atoms with Crippen LogP contribution in [0.2, 0.25) is 0 Å². The van der Waals surface area contributed by atoms with E-state index in [1.807, 2.05) is 44.2 Å². The molecule has 0 unspecified atom stereocenters. The van der Waals surface area contributed by atoms with Crippen molar-refractivity contribution in [1.29, 1.82) is 0 Å². The molecule has 35 heavy (non-hydrogen) atoms. The molecule has 0 atom stereocenters. The number of ether oxygens (including phenoxy) is 2. The highest BCUT2D eigenvalue weighted by Crippen LogP contribution is 2.29. The number of hydrogen-bond donors (Lipinski definition) is 2. The molecule has 0 saturated heterocycles. The zero-order chi connectivity index (χ0) is 24.8. The highest BCUT2D eigenvalue weighted by atomic mass is 16.6. The quantitative estimate of drug-likeness (QED) is 0.274. The molecule has 0 aliphatic rings. The summed E-state index contributed by atoms with van der Waals surface area (Å²) in [5, 5.41) is 18.9. The van der Waals surface area contributed by atoms with Gasteiger partial charge in [0.1, 0.15) is 6.61 Å². The van der Waals surface area contributed by atoms with Crippen molar-refractivity contribution >= 4 is 17.9 Å². The second-order valence-corrected chi connectivity index (χ2v) is 7.52. The van der Waals surface area contributed by atoms with Crippen LogP contribution in [0.25, 0.3) is 5.82 Å². The number of nitrogens with one attached hydrogen (secondary N) is 1. The Morgan fingerprint density at radius 3 is 2.66 bits per heavy atom. The van der Waals surface area contributed by atoms with Gasteiger partial charge in [-0.25, -0.2) is 10.1 Å². The minimum absolute atomic E-state index is 0.0272. The van der Waals surface area contributed by atoms with Crippen molar-refractivity contribution < 1.29 is 18.9 Å². The Labute approximate surface area is 200 Å². The molecule has 0 fully saturated rings. The monoisotopic (exact) mass is 476 g/mol. The molecular formula is C23H24N8O4. The van der Waals surface area contributed by atoms with Crippen molar-refractivity contribution in [3.8, 4) is 17.3 Å². The Morgan fingerprint density at radius 2 is 1.94 bits per heavy atom. The van der Waals surface area contributed by atoms with Crippen LogP contribution in [0.5, 0.6) is 11.5 Å². The van der Waals surface area contributed by atoms with Gasteiger partial charge in [0, 0.05) is 0 Å². The Kier molecular flexibility index (Phi) is 7.00. The third-order valence-corrected chi connectivity index (χ3v) is 4.97. The van der Waals surface area contributed by atoms with E-state index in [0.717, 1.165) is 5.56 Å². The lowest BCUT2D eigenvalue weighted by Crippen LogP contribution is -2.19. The molecule has 0 bridgehead atoms. The molecule has 0 saturated carbocycles. The summed E-state index contributed by atoms with van der Waals surface area (Å²) in [5.41, 5.74) is 11.5. The highest BCUT2D eigenvalue weighted by Gasteiger charge is 2.20. The maximum atomic E-state index is 12.5. The number of carbonyl (C=O) groups is 1. The van der Waals surface area contributed by atoms with Gasteiger partial charge in [-0.05, 0) is 60.4 Å². The van der Waals surface area contributed by atoms with Crippen LogP contribution >= 0.6 is 0 Å². The topological polar surface area (TPSA) is 156 Å². The number of anilines is 1. The Hall–Kier alpha value is -4.74. The molecule has 12 nitrogen and oxygen atoms in total. The standard InChI is InChI=1S/C23H24N8O4/c1-4-33-19-11-17(9-10-18(19)34-13-16-7-5-14(2)6-8-16)12-25-27-23(32)20-15(3)31(30-26-20)22-21(24)28-35-29-22/h5-12H,4,13H2,1-3H3,(H2,24,28)(H,27,32). The van der Waals surface area contributed by atoms with Crippen LogP contribution in [0.15, 0.2) is 52.2 Å². The van der Waals surface area contributed by atoms with Crippen molar-refractivity contribution in [3.63, 3.8) is 0 Å². The second-order valence-electron chi connectivity index (χ2n) is 7.52. The fourth-order valence-corrected chi connectivity index (χ4v) is 3.13. The maximum absolute atomic E-state index is 12.5. The molecular weight excluding hydrogens is 452 g/mol. The number of aromatic nitrogens is 5. The Balaban J connectivity index is 1.41. The van der Waals surface area contributed by atoms with Gasteiger partial charge in [0.05, 0.1) is 18.5 Å². The summed E-state index contributed by atoms with van der Waals surface area (Å²) in [6.07, 6.45) is 1.49. The third kappa shape index (κ3) is 5.43. The molecule has 2 aromatic heterocycles. The summed E-state index contributed by atoms with van der Waals surface area (Å²) in [4.78, 5) is 12.5. The van der Waals surface area contributed by atoms with Gasteiger partial charge in [-0.3, -0.25) is 4.79 Å². The molecule has 12 heteroatoms. The van der Waals surface area contributed by atoms with E-state index in [4.69, 9.17) is 15.2 Å². The predicted octanol–water partition coefficient (Wildman–Crippen LogP) is 2.59. The number of nitrogen functional groups attached to an aromatic ring is 1. The van der Waals surface area contributed by atoms with Crippen LogP contribution in [0, 0.1) is 13.8 Å². The van der Waals surface area contributed by atoms with Gasteiger partial charge < -0.3 is 15.2 Å². The molecule has 4 rings (SSSR count). The Morgan fingerprint density at radius 1 is 1.14 bits per heavy atom. The molecule has 180 valence electrons. The van der Waals surface area contributed by atoms with Gasteiger partial charge in [0.2, 0.25) is 11.6 Å². The van der Waals surface area contributed by atoms with E-state index in [-0.39, 0.29) is 17.3 Å². The van der Waals surface area contributed by atoms with E-state index >= 15 is 0 Å². The van der Waals surface area contributed by atoms with Gasteiger partial charge in [-0.1, -0.05) is 35.0 Å². The van der Waals surface area contributed by atoms with Crippen molar-refractivity contribution in [3.05, 3.63) is 70.5 Å². The van der Waals surface area contributed by atoms with Crippen molar-refractivity contribution in [2.75, 3.05) is 12.3 Å². The molecule has 1 amide bonds. The van der Waals surface area contributed by atoms with Crippen LogP contribution in [0.4, 0.5) is 5.82 Å². The van der Waals surface area contributed by atoms with E-state index in [9.17, 15) is 4.79 Å². The lowest BCUT2D eigenvalue weighted by atomic mass is 10.2. The van der Waals surface area contributed by atoms with Crippen LogP contribution < -0.4 is 20.6 Å². The van der Waals surface area contributed by atoms with Gasteiger partial charge in [-0.15, -0.1) is 5.10 Å².